The van der Waals surface area contributed by atoms with E-state index in [0.29, 0.717) is 17.5 Å². The minimum absolute atomic E-state index is 0.0707. The van der Waals surface area contributed by atoms with Crippen LogP contribution in [0.3, 0.4) is 0 Å². The molecule has 0 unspecified atom stereocenters. The van der Waals surface area contributed by atoms with Crippen LogP contribution in [0.15, 0.2) is 36.4 Å². The molecule has 2 aromatic rings. The zero-order valence-electron chi connectivity index (χ0n) is 18.3. The molecule has 6 nitrogen and oxygen atoms in total. The number of hydrogen-bond acceptors (Lipinski definition) is 4. The van der Waals surface area contributed by atoms with E-state index in [2.05, 4.69) is 15.0 Å². The second-order valence-corrected chi connectivity index (χ2v) is 9.64. The van der Waals surface area contributed by atoms with Gasteiger partial charge in [0, 0.05) is 18.3 Å². The van der Waals surface area contributed by atoms with Crippen LogP contribution in [0.2, 0.25) is 0 Å². The van der Waals surface area contributed by atoms with Gasteiger partial charge in [-0.3, -0.25) is 9.52 Å². The molecule has 2 N–H and O–H groups in total. The Hall–Kier alpha value is -2.95. The van der Waals surface area contributed by atoms with Gasteiger partial charge in [-0.25, -0.2) is 17.8 Å². The van der Waals surface area contributed by atoms with Crippen LogP contribution in [0.25, 0.3) is 6.08 Å². The SMILES string of the molecule is CC(C)Cc1nc(C(F)(F)F)ccc1C=CC(=O)NCCc1ccc(NS(C)(=O)=O)c(F)c1. The first kappa shape index (κ1) is 26.3. The van der Waals surface area contributed by atoms with E-state index in [0.717, 1.165) is 12.3 Å². The molecule has 0 aliphatic heterocycles. The van der Waals surface area contributed by atoms with Crippen molar-refractivity contribution < 1.29 is 30.8 Å². The lowest BCUT2D eigenvalue weighted by Gasteiger charge is -2.12. The molecular weight excluding hydrogens is 462 g/mol. The van der Waals surface area contributed by atoms with E-state index in [-0.39, 0.29) is 30.3 Å². The molecule has 180 valence electrons. The van der Waals surface area contributed by atoms with E-state index in [1.165, 1.54) is 36.4 Å². The lowest BCUT2D eigenvalue weighted by molar-refractivity contribution is -0.141. The molecule has 11 heteroatoms. The highest BCUT2D eigenvalue weighted by Gasteiger charge is 2.32. The third-order valence-electron chi connectivity index (χ3n) is 4.36. The van der Waals surface area contributed by atoms with Gasteiger partial charge in [0.15, 0.2) is 0 Å². The third kappa shape index (κ3) is 8.83. The van der Waals surface area contributed by atoms with E-state index in [4.69, 9.17) is 0 Å². The number of aromatic nitrogens is 1. The van der Waals surface area contributed by atoms with Crippen LogP contribution in [0.5, 0.6) is 0 Å². The Kier molecular flexibility index (Phi) is 8.59. The predicted molar refractivity (Wildman–Crippen MR) is 118 cm³/mol. The summed E-state index contributed by atoms with van der Waals surface area (Å²) in [6, 6.07) is 6.15. The topological polar surface area (TPSA) is 88.2 Å². The van der Waals surface area contributed by atoms with Crippen molar-refractivity contribution in [2.45, 2.75) is 32.9 Å². The van der Waals surface area contributed by atoms with E-state index < -0.39 is 33.6 Å². The Morgan fingerprint density at radius 2 is 1.88 bits per heavy atom. The van der Waals surface area contributed by atoms with Crippen LogP contribution in [-0.2, 0) is 33.8 Å². The van der Waals surface area contributed by atoms with Crippen LogP contribution in [-0.4, -0.2) is 32.1 Å². The van der Waals surface area contributed by atoms with Crippen LogP contribution >= 0.6 is 0 Å². The largest absolute Gasteiger partial charge is 0.433 e. The summed E-state index contributed by atoms with van der Waals surface area (Å²) in [7, 11) is -3.60. The number of sulfonamides is 1. The van der Waals surface area contributed by atoms with Crippen molar-refractivity contribution in [3.8, 4) is 0 Å². The number of carbonyl (C=O) groups is 1. The number of anilines is 1. The lowest BCUT2D eigenvalue weighted by atomic mass is 10.0. The zero-order chi connectivity index (χ0) is 24.8. The molecule has 1 heterocycles. The summed E-state index contributed by atoms with van der Waals surface area (Å²) >= 11 is 0. The highest BCUT2D eigenvalue weighted by molar-refractivity contribution is 7.92. The standard InChI is InChI=1S/C22H25F4N3O3S/c1-14(2)12-19-16(5-8-20(28-19)22(24,25)26)6-9-21(30)27-11-10-15-4-7-18(17(23)13-15)29-33(3,31)32/h4-9,13-14,29H,10-12H2,1-3H3,(H,27,30). The van der Waals surface area contributed by atoms with Gasteiger partial charge >= 0.3 is 6.18 Å². The normalized spacial score (nSPS) is 12.4. The molecule has 1 aromatic carbocycles. The van der Waals surface area contributed by atoms with Gasteiger partial charge in [0.2, 0.25) is 15.9 Å². The Labute approximate surface area is 190 Å². The van der Waals surface area contributed by atoms with Crippen molar-refractivity contribution in [2.75, 3.05) is 17.5 Å². The minimum atomic E-state index is -4.55. The molecule has 0 aliphatic carbocycles. The maximum atomic E-state index is 14.0. The molecule has 0 saturated carbocycles. The highest BCUT2D eigenvalue weighted by atomic mass is 32.2. The zero-order valence-corrected chi connectivity index (χ0v) is 19.1. The Balaban J connectivity index is 1.99. The maximum Gasteiger partial charge on any atom is 0.433 e. The van der Waals surface area contributed by atoms with Crippen molar-refractivity contribution >= 4 is 27.7 Å². The quantitative estimate of drug-likeness (QED) is 0.410. The summed E-state index contributed by atoms with van der Waals surface area (Å²) in [5, 5.41) is 2.61. The Bertz CT molecular complexity index is 1130. The maximum absolute atomic E-state index is 14.0. The molecule has 0 spiro atoms. The molecule has 0 radical (unpaired) electrons. The summed E-state index contributed by atoms with van der Waals surface area (Å²) in [5.74, 6) is -1.14. The van der Waals surface area contributed by atoms with E-state index >= 15 is 0 Å². The molecule has 2 rings (SSSR count). The number of pyridine rings is 1. The van der Waals surface area contributed by atoms with Crippen LogP contribution in [0.4, 0.5) is 23.2 Å². The average Bonchev–Trinajstić information content (AvgIpc) is 2.67. The molecule has 1 aromatic heterocycles. The van der Waals surface area contributed by atoms with Gasteiger partial charge in [0.1, 0.15) is 11.5 Å². The number of benzene rings is 1. The number of nitrogens with zero attached hydrogens (tertiary/aromatic N) is 1. The summed E-state index contributed by atoms with van der Waals surface area (Å²) in [5.41, 5.74) is 0.0623. The molecule has 0 bridgehead atoms. The van der Waals surface area contributed by atoms with Gasteiger partial charge in [-0.15, -0.1) is 0 Å². The fourth-order valence-electron chi connectivity index (χ4n) is 2.92. The average molecular weight is 488 g/mol. The van der Waals surface area contributed by atoms with Crippen molar-refractivity contribution in [2.24, 2.45) is 5.92 Å². The fraction of sp³-hybridized carbons (Fsp3) is 0.364. The molecule has 0 atom stereocenters. The first-order valence-electron chi connectivity index (χ1n) is 10.0. The molecule has 0 aliphatic rings. The van der Waals surface area contributed by atoms with Gasteiger partial charge in [0.05, 0.1) is 11.9 Å². The summed E-state index contributed by atoms with van der Waals surface area (Å²) in [6.07, 6.45) is -0.420. The summed E-state index contributed by atoms with van der Waals surface area (Å²) in [6.45, 7) is 3.88. The molecular formula is C22H25F4N3O3S. The number of carbonyl (C=O) groups excluding carboxylic acids is 1. The van der Waals surface area contributed by atoms with E-state index in [1.54, 1.807) is 0 Å². The first-order chi connectivity index (χ1) is 15.2. The van der Waals surface area contributed by atoms with Crippen LogP contribution in [0, 0.1) is 11.7 Å². The number of rotatable bonds is 9. The first-order valence-corrected chi connectivity index (χ1v) is 11.9. The monoisotopic (exact) mass is 487 g/mol. The van der Waals surface area contributed by atoms with E-state index in [9.17, 15) is 30.8 Å². The number of halogens is 4. The molecule has 1 amide bonds. The van der Waals surface area contributed by atoms with Gasteiger partial charge < -0.3 is 5.32 Å². The van der Waals surface area contributed by atoms with Crippen molar-refractivity contribution in [3.05, 3.63) is 64.7 Å². The smallest absolute Gasteiger partial charge is 0.352 e. The second kappa shape index (κ2) is 10.8. The van der Waals surface area contributed by atoms with Gasteiger partial charge in [0.25, 0.3) is 0 Å². The number of nitrogens with one attached hydrogen (secondary N) is 2. The fourth-order valence-corrected chi connectivity index (χ4v) is 3.49. The minimum Gasteiger partial charge on any atom is -0.352 e. The summed E-state index contributed by atoms with van der Waals surface area (Å²) in [4.78, 5) is 15.8. The van der Waals surface area contributed by atoms with Crippen LogP contribution in [0.1, 0.15) is 36.4 Å². The van der Waals surface area contributed by atoms with Gasteiger partial charge in [-0.05, 0) is 54.2 Å². The third-order valence-corrected chi connectivity index (χ3v) is 4.95. The predicted octanol–water partition coefficient (Wildman–Crippen LogP) is 4.18. The second-order valence-electron chi connectivity index (χ2n) is 7.89. The highest BCUT2D eigenvalue weighted by Crippen LogP contribution is 2.29. The molecule has 0 fully saturated rings. The van der Waals surface area contributed by atoms with Gasteiger partial charge in [-0.2, -0.15) is 13.2 Å². The van der Waals surface area contributed by atoms with Gasteiger partial charge in [-0.1, -0.05) is 26.0 Å². The van der Waals surface area contributed by atoms with E-state index in [1.807, 2.05) is 13.8 Å². The summed E-state index contributed by atoms with van der Waals surface area (Å²) < 4.78 is 77.3. The Morgan fingerprint density at radius 1 is 1.18 bits per heavy atom. The number of amides is 1. The molecule has 0 saturated heterocycles. The Morgan fingerprint density at radius 3 is 2.45 bits per heavy atom. The molecule has 33 heavy (non-hydrogen) atoms. The van der Waals surface area contributed by atoms with Crippen molar-refractivity contribution in [1.82, 2.24) is 10.3 Å². The van der Waals surface area contributed by atoms with Crippen molar-refractivity contribution in [3.63, 3.8) is 0 Å². The van der Waals surface area contributed by atoms with Crippen LogP contribution < -0.4 is 10.0 Å². The number of hydrogen-bond donors (Lipinski definition) is 2. The van der Waals surface area contributed by atoms with Crippen molar-refractivity contribution in [1.29, 1.82) is 0 Å². The lowest BCUT2D eigenvalue weighted by Crippen LogP contribution is -2.23. The number of alkyl halides is 3.